The lowest BCUT2D eigenvalue weighted by Gasteiger charge is -2.66. The van der Waals surface area contributed by atoms with E-state index in [1.54, 1.807) is 244 Å². The van der Waals surface area contributed by atoms with Gasteiger partial charge in [0.15, 0.2) is 0 Å². The van der Waals surface area contributed by atoms with Crippen LogP contribution in [0.2, 0.25) is 0 Å². The summed E-state index contributed by atoms with van der Waals surface area (Å²) in [6.45, 7) is 0. The summed E-state index contributed by atoms with van der Waals surface area (Å²) in [6, 6.07) is 0. The molecule has 32 atom stereocenters. The Kier molecular flexibility index (Phi) is 11.4. The summed E-state index contributed by atoms with van der Waals surface area (Å²) in [5, 5.41) is 0. The van der Waals surface area contributed by atoms with Gasteiger partial charge in [-0.15, -0.1) is 0 Å². The number of hydrogen-bond donors (Lipinski definition) is 0. The molecule has 0 aromatic rings. The highest BCUT2D eigenvalue weighted by molar-refractivity contribution is 5.13. The van der Waals surface area contributed by atoms with Gasteiger partial charge < -0.3 is 0 Å². The van der Waals surface area contributed by atoms with E-state index < -0.39 is 0 Å². The van der Waals surface area contributed by atoms with E-state index in [1.807, 2.05) is 0 Å². The molecule has 0 radical (unpaired) electrons. The minimum atomic E-state index is 1.12. The lowest BCUT2D eigenvalue weighted by Crippen LogP contribution is -2.59. The van der Waals surface area contributed by atoms with Crippen molar-refractivity contribution in [2.75, 3.05) is 0 Å². The standard InChI is InChI=1S/C70H108/c1-5-39-13-17-47-21-29-51(55-33-25-43(9-1)63(39)67(47)55)59-37-61(53-31-23-49-19-15-41-7-3-11-45-27-35-57(53)69(49)65(41)45)62(54-32-24-50-20-16-42-8-4-12-46-28-36-58(54)70(50)66(42)46)38-60(59)52-30-22-48-18-14-40-6-2-10-44-26-34-56(52)68(48)64(40)44/h39-70H,1-38H2. The van der Waals surface area contributed by atoms with Gasteiger partial charge in [-0.25, -0.2) is 0 Å². The lowest BCUT2D eigenvalue weighted by atomic mass is 9.39. The van der Waals surface area contributed by atoms with E-state index in [2.05, 4.69) is 0 Å². The van der Waals surface area contributed by atoms with E-state index >= 15 is 0 Å². The number of rotatable bonds is 4. The smallest absolute Gasteiger partial charge is 0.0321 e. The highest BCUT2D eigenvalue weighted by Crippen LogP contribution is 2.72. The molecule has 0 aliphatic heterocycles. The molecule has 0 aromatic heterocycles. The van der Waals surface area contributed by atoms with E-state index in [1.165, 1.54) is 23.7 Å². The average Bonchev–Trinajstić information content (AvgIpc) is 3.42. The molecule has 0 heterocycles. The molecule has 32 unspecified atom stereocenters. The Labute approximate surface area is 431 Å². The van der Waals surface area contributed by atoms with Gasteiger partial charge in [0.2, 0.25) is 0 Å². The molecule has 0 bridgehead atoms. The second-order valence-corrected chi connectivity index (χ2v) is 32.8. The van der Waals surface area contributed by atoms with Gasteiger partial charge in [0.05, 0.1) is 0 Å². The molecule has 0 saturated heterocycles. The monoisotopic (exact) mass is 949 g/mol. The van der Waals surface area contributed by atoms with Gasteiger partial charge in [0.25, 0.3) is 0 Å². The van der Waals surface area contributed by atoms with Crippen LogP contribution in [0.4, 0.5) is 0 Å². The molecule has 17 aliphatic carbocycles. The zero-order valence-electron chi connectivity index (χ0n) is 45.3. The van der Waals surface area contributed by atoms with Crippen LogP contribution in [-0.4, -0.2) is 0 Å². The van der Waals surface area contributed by atoms with Gasteiger partial charge >= 0.3 is 0 Å². The highest BCUT2D eigenvalue weighted by atomic mass is 14.7. The second-order valence-electron chi connectivity index (χ2n) is 32.8. The van der Waals surface area contributed by atoms with Gasteiger partial charge in [-0.05, 0) is 356 Å². The van der Waals surface area contributed by atoms with Gasteiger partial charge in [0.1, 0.15) is 0 Å². The molecule has 388 valence electrons. The first-order valence-corrected chi connectivity index (χ1v) is 34.7. The molecule has 17 fully saturated rings. The fourth-order valence-corrected chi connectivity index (χ4v) is 30.8. The Morgan fingerprint density at radius 3 is 0.471 bits per heavy atom. The maximum atomic E-state index is 1.79. The fraction of sp³-hybridized carbons (Fsp3) is 1.00. The van der Waals surface area contributed by atoms with Crippen LogP contribution in [0.3, 0.4) is 0 Å². The molecular formula is C70H108. The minimum absolute atomic E-state index is 1.12. The first-order valence-electron chi connectivity index (χ1n) is 34.7. The molecule has 17 rings (SSSR count). The molecular weight excluding hydrogens is 841 g/mol. The van der Waals surface area contributed by atoms with Crippen LogP contribution in [0.15, 0.2) is 0 Å². The lowest BCUT2D eigenvalue weighted by molar-refractivity contribution is -0.172. The quantitative estimate of drug-likeness (QED) is 0.263. The third-order valence-corrected chi connectivity index (χ3v) is 32.1. The van der Waals surface area contributed by atoms with E-state index in [9.17, 15) is 0 Å². The summed E-state index contributed by atoms with van der Waals surface area (Å²) in [7, 11) is 0. The van der Waals surface area contributed by atoms with Crippen LogP contribution >= 0.6 is 0 Å². The normalized spacial score (nSPS) is 62.4. The van der Waals surface area contributed by atoms with E-state index in [-0.39, 0.29) is 0 Å². The predicted octanol–water partition coefficient (Wildman–Crippen LogP) is 18.8. The van der Waals surface area contributed by atoms with Crippen molar-refractivity contribution in [3.8, 4) is 0 Å². The van der Waals surface area contributed by atoms with E-state index in [0.717, 1.165) is 166 Å². The van der Waals surface area contributed by atoms with Crippen LogP contribution in [0.1, 0.15) is 244 Å². The largest absolute Gasteiger partial charge is 0.0528 e. The van der Waals surface area contributed by atoms with Crippen molar-refractivity contribution in [3.63, 3.8) is 0 Å². The molecule has 0 aromatic carbocycles. The topological polar surface area (TPSA) is 0 Å². The minimum Gasteiger partial charge on any atom is -0.0528 e. The molecule has 17 aliphatic rings. The first kappa shape index (κ1) is 45.1. The Morgan fingerprint density at radius 1 is 0.114 bits per heavy atom. The molecule has 0 N–H and O–H groups in total. The summed E-state index contributed by atoms with van der Waals surface area (Å²) in [4.78, 5) is 0. The van der Waals surface area contributed by atoms with Crippen molar-refractivity contribution in [2.24, 2.45) is 189 Å². The molecule has 0 nitrogen and oxygen atoms in total. The summed E-state index contributed by atoms with van der Waals surface area (Å²) >= 11 is 0. The molecule has 70 heavy (non-hydrogen) atoms. The summed E-state index contributed by atoms with van der Waals surface area (Å²) < 4.78 is 0. The summed E-state index contributed by atoms with van der Waals surface area (Å²) in [5.74, 6) is 36.5. The van der Waals surface area contributed by atoms with Crippen LogP contribution in [-0.2, 0) is 0 Å². The van der Waals surface area contributed by atoms with Gasteiger partial charge in [-0.1, -0.05) is 77.0 Å². The maximum absolute atomic E-state index is 1.79. The summed E-state index contributed by atoms with van der Waals surface area (Å²) in [6.07, 6.45) is 63.2. The molecule has 0 heteroatoms. The van der Waals surface area contributed by atoms with Crippen molar-refractivity contribution in [2.45, 2.75) is 244 Å². The first-order chi connectivity index (χ1) is 34.7. The van der Waals surface area contributed by atoms with Crippen LogP contribution in [0.25, 0.3) is 0 Å². The van der Waals surface area contributed by atoms with Crippen molar-refractivity contribution in [1.82, 2.24) is 0 Å². The average molecular weight is 950 g/mol. The Morgan fingerprint density at radius 2 is 0.271 bits per heavy atom. The third-order valence-electron chi connectivity index (χ3n) is 32.1. The van der Waals surface area contributed by atoms with Crippen molar-refractivity contribution >= 4 is 0 Å². The fourth-order valence-electron chi connectivity index (χ4n) is 30.8. The Bertz CT molecular complexity index is 1600. The molecule has 17 saturated carbocycles. The second kappa shape index (κ2) is 17.8. The zero-order chi connectivity index (χ0) is 45.3. The highest BCUT2D eigenvalue weighted by Gasteiger charge is 2.64. The summed E-state index contributed by atoms with van der Waals surface area (Å²) in [5.41, 5.74) is 0. The van der Waals surface area contributed by atoms with Gasteiger partial charge in [-0.3, -0.25) is 0 Å². The van der Waals surface area contributed by atoms with E-state index in [4.69, 9.17) is 0 Å². The molecule has 0 amide bonds. The van der Waals surface area contributed by atoms with Crippen molar-refractivity contribution in [3.05, 3.63) is 0 Å². The Hall–Kier alpha value is 0. The number of hydrogen-bond acceptors (Lipinski definition) is 0. The SMILES string of the molecule is C1CC2CCC3CCC(C4CC(C5CCC6CCC7CCCC8CCC5C6C78)C(C5CCC6CCC7CCCC8CCC5C6C78)CC4C4CCC5CCC6CCCC7CCC4C5C67)C4CCC(C1)C2C34. The maximum Gasteiger partial charge on any atom is -0.0321 e. The van der Waals surface area contributed by atoms with E-state index in [0.29, 0.717) is 0 Å². The van der Waals surface area contributed by atoms with Crippen molar-refractivity contribution in [1.29, 1.82) is 0 Å². The molecule has 0 spiro atoms. The van der Waals surface area contributed by atoms with Crippen molar-refractivity contribution < 1.29 is 0 Å². The zero-order valence-corrected chi connectivity index (χ0v) is 45.3. The van der Waals surface area contributed by atoms with Crippen LogP contribution < -0.4 is 0 Å². The Balaban J connectivity index is 0.782. The van der Waals surface area contributed by atoms with Crippen LogP contribution in [0.5, 0.6) is 0 Å². The third kappa shape index (κ3) is 6.79. The van der Waals surface area contributed by atoms with Gasteiger partial charge in [0, 0.05) is 0 Å². The van der Waals surface area contributed by atoms with Crippen LogP contribution in [0, 0.1) is 189 Å². The van der Waals surface area contributed by atoms with Gasteiger partial charge in [-0.2, -0.15) is 0 Å². The predicted molar refractivity (Wildman–Crippen MR) is 287 cm³/mol.